The monoisotopic (exact) mass is 450 g/mol. The van der Waals surface area contributed by atoms with Crippen LogP contribution in [0.3, 0.4) is 0 Å². The van der Waals surface area contributed by atoms with Crippen molar-refractivity contribution in [2.24, 2.45) is 0 Å². The molecule has 0 saturated carbocycles. The molecule has 4 nitrogen and oxygen atoms in total. The van der Waals surface area contributed by atoms with E-state index in [4.69, 9.17) is 17.1 Å². The van der Waals surface area contributed by atoms with Gasteiger partial charge < -0.3 is 11.8 Å². The van der Waals surface area contributed by atoms with Crippen molar-refractivity contribution in [3.63, 3.8) is 0 Å². The molecule has 2 aromatic heterocycles. The van der Waals surface area contributed by atoms with Gasteiger partial charge >= 0.3 is 17.1 Å². The van der Waals surface area contributed by atoms with Crippen LogP contribution in [0.25, 0.3) is 21.5 Å². The second-order valence-electron chi connectivity index (χ2n) is 4.86. The number of hydrogen-bond donors (Lipinski definition) is 0. The van der Waals surface area contributed by atoms with Crippen molar-refractivity contribution < 1.29 is 17.1 Å². The van der Waals surface area contributed by atoms with Crippen LogP contribution in [0, 0.1) is 23.2 Å². The van der Waals surface area contributed by atoms with Crippen LogP contribution in [0.4, 0.5) is 0 Å². The van der Waals surface area contributed by atoms with Crippen molar-refractivity contribution in [3.05, 3.63) is 89.9 Å². The number of aromatic nitrogens is 2. The summed E-state index contributed by atoms with van der Waals surface area (Å²) < 4.78 is 1.05. The van der Waals surface area contributed by atoms with Gasteiger partial charge in [-0.05, 0) is 21.3 Å². The van der Waals surface area contributed by atoms with Crippen LogP contribution in [0.15, 0.2) is 77.8 Å². The summed E-state index contributed by atoms with van der Waals surface area (Å²) >= 11 is 3.43. The van der Waals surface area contributed by atoms with Crippen LogP contribution in [-0.4, -0.2) is 9.97 Å². The summed E-state index contributed by atoms with van der Waals surface area (Å²) in [6.45, 7) is 4.75. The maximum atomic E-state index is 8.75. The molecule has 0 N–H and O–H groups in total. The molecular weight excluding hydrogens is 440 g/mol. The van der Waals surface area contributed by atoms with E-state index in [1.165, 1.54) is 10.8 Å². The van der Waals surface area contributed by atoms with Crippen molar-refractivity contribution in [1.29, 1.82) is 10.5 Å². The average molecular weight is 452 g/mol. The molecule has 2 aromatic carbocycles. The normalized spacial score (nSPS) is 8.85. The van der Waals surface area contributed by atoms with Crippen LogP contribution in [0.2, 0.25) is 0 Å². The van der Waals surface area contributed by atoms with Gasteiger partial charge in [-0.3, -0.25) is 9.97 Å². The standard InChI is InChI=1S/C10H6N2.C9H6BrN.CN.Cu/c11-5-9-7-12-6-8-3-1-2-4-10(8)9;10-9-6-11-5-7-3-1-2-4-8(7)9;1-2;/h1-4,6-7H;1-6H;;/q;;-1;+1. The molecular formula is C20H12BrCuN4. The molecule has 0 unspecified atom stereocenters. The number of nitriles is 1. The van der Waals surface area contributed by atoms with Crippen molar-refractivity contribution in [2.75, 3.05) is 0 Å². The summed E-state index contributed by atoms with van der Waals surface area (Å²) in [5.74, 6) is 0. The number of fused-ring (bicyclic) bond motifs is 2. The SMILES string of the molecule is Brc1cncc2ccccc12.N#Cc1cncc2ccccc12.[C-]#N.[Cu+]. The van der Waals surface area contributed by atoms with E-state index in [2.05, 4.69) is 38.0 Å². The topological polar surface area (TPSA) is 73.4 Å². The largest absolute Gasteiger partial charge is 1.00 e. The van der Waals surface area contributed by atoms with E-state index >= 15 is 0 Å². The minimum atomic E-state index is 0. The molecule has 0 saturated heterocycles. The summed E-state index contributed by atoms with van der Waals surface area (Å²) in [5, 5.41) is 19.4. The van der Waals surface area contributed by atoms with E-state index in [0.29, 0.717) is 5.56 Å². The molecule has 0 aliphatic rings. The third-order valence-corrected chi connectivity index (χ3v) is 4.04. The fourth-order valence-electron chi connectivity index (χ4n) is 2.29. The Labute approximate surface area is 170 Å². The Hall–Kier alpha value is -2.76. The third-order valence-electron chi connectivity index (χ3n) is 3.41. The molecule has 6 heteroatoms. The minimum absolute atomic E-state index is 0. The van der Waals surface area contributed by atoms with Crippen molar-refractivity contribution in [2.45, 2.75) is 0 Å². The molecule has 26 heavy (non-hydrogen) atoms. The summed E-state index contributed by atoms with van der Waals surface area (Å²) in [5.41, 5.74) is 0.633. The number of benzene rings is 2. The molecule has 0 bridgehead atoms. The van der Waals surface area contributed by atoms with Crippen LogP contribution >= 0.6 is 15.9 Å². The zero-order valence-electron chi connectivity index (χ0n) is 13.4. The Kier molecular flexibility index (Phi) is 8.98. The number of hydrogen-bond acceptors (Lipinski definition) is 4. The van der Waals surface area contributed by atoms with Gasteiger partial charge in [0.05, 0.1) is 5.56 Å². The van der Waals surface area contributed by atoms with Crippen LogP contribution in [-0.2, 0) is 17.1 Å². The molecule has 0 radical (unpaired) electrons. The van der Waals surface area contributed by atoms with Gasteiger partial charge in [-0.25, -0.2) is 0 Å². The van der Waals surface area contributed by atoms with Crippen molar-refractivity contribution in [3.8, 4) is 6.07 Å². The van der Waals surface area contributed by atoms with Gasteiger partial charge in [0.15, 0.2) is 0 Å². The molecule has 4 aromatic rings. The quantitative estimate of drug-likeness (QED) is 0.272. The van der Waals surface area contributed by atoms with Crippen molar-refractivity contribution >= 4 is 37.5 Å². The Bertz CT molecular complexity index is 1050. The Morgan fingerprint density at radius 3 is 1.85 bits per heavy atom. The Balaban J connectivity index is 0.000000230. The number of halogens is 1. The molecule has 0 aliphatic carbocycles. The zero-order valence-corrected chi connectivity index (χ0v) is 15.9. The van der Waals surface area contributed by atoms with Gasteiger partial charge in [-0.1, -0.05) is 48.5 Å². The summed E-state index contributed by atoms with van der Waals surface area (Å²) in [7, 11) is 0. The van der Waals surface area contributed by atoms with E-state index in [0.717, 1.165) is 15.2 Å². The first-order valence-corrected chi connectivity index (χ1v) is 8.02. The maximum Gasteiger partial charge on any atom is 1.00 e. The summed E-state index contributed by atoms with van der Waals surface area (Å²) in [6.07, 6.45) is 7.01. The first-order chi connectivity index (χ1) is 12.3. The first-order valence-electron chi connectivity index (χ1n) is 7.23. The van der Waals surface area contributed by atoms with Gasteiger partial charge in [0.25, 0.3) is 0 Å². The predicted molar refractivity (Wildman–Crippen MR) is 101 cm³/mol. The van der Waals surface area contributed by atoms with Crippen LogP contribution in [0.5, 0.6) is 0 Å². The van der Waals surface area contributed by atoms with Gasteiger partial charge in [-0.15, -0.1) is 0 Å². The van der Waals surface area contributed by atoms with Crippen LogP contribution < -0.4 is 0 Å². The molecule has 0 amide bonds. The van der Waals surface area contributed by atoms with Gasteiger partial charge in [-0.2, -0.15) is 5.26 Å². The zero-order chi connectivity index (χ0) is 18.1. The van der Waals surface area contributed by atoms with Gasteiger partial charge in [0.1, 0.15) is 6.07 Å². The molecule has 0 aliphatic heterocycles. The summed E-state index contributed by atoms with van der Waals surface area (Å²) in [6, 6.07) is 18.0. The molecule has 130 valence electrons. The number of pyridine rings is 2. The predicted octanol–water partition coefficient (Wildman–Crippen LogP) is 5.20. The van der Waals surface area contributed by atoms with E-state index in [1.54, 1.807) is 12.4 Å². The van der Waals surface area contributed by atoms with Gasteiger partial charge in [0, 0.05) is 45.4 Å². The summed E-state index contributed by atoms with van der Waals surface area (Å²) in [4.78, 5) is 8.03. The maximum absolute atomic E-state index is 8.75. The molecule has 0 spiro atoms. The minimum Gasteiger partial charge on any atom is -0.512 e. The Morgan fingerprint density at radius 1 is 0.769 bits per heavy atom. The molecule has 4 rings (SSSR count). The molecule has 0 atom stereocenters. The van der Waals surface area contributed by atoms with E-state index in [-0.39, 0.29) is 17.1 Å². The fraction of sp³-hybridized carbons (Fsp3) is 0. The average Bonchev–Trinajstić information content (AvgIpc) is 2.70. The molecule has 0 fully saturated rings. The smallest absolute Gasteiger partial charge is 0.512 e. The number of nitrogens with zero attached hydrogens (tertiary/aromatic N) is 4. The van der Waals surface area contributed by atoms with Gasteiger partial charge in [0.2, 0.25) is 0 Å². The second kappa shape index (κ2) is 11.0. The van der Waals surface area contributed by atoms with E-state index in [9.17, 15) is 0 Å². The first kappa shape index (κ1) is 21.3. The van der Waals surface area contributed by atoms with Crippen molar-refractivity contribution in [1.82, 2.24) is 9.97 Å². The Morgan fingerprint density at radius 2 is 1.27 bits per heavy atom. The number of rotatable bonds is 0. The van der Waals surface area contributed by atoms with E-state index in [1.807, 2.05) is 54.9 Å². The molecule has 2 heterocycles. The van der Waals surface area contributed by atoms with Crippen LogP contribution in [0.1, 0.15) is 5.56 Å². The van der Waals surface area contributed by atoms with E-state index < -0.39 is 0 Å². The fourth-order valence-corrected chi connectivity index (χ4v) is 2.76. The second-order valence-corrected chi connectivity index (χ2v) is 5.72. The third kappa shape index (κ3) is 5.12.